The first-order chi connectivity index (χ1) is 9.92. The van der Waals surface area contributed by atoms with Gasteiger partial charge in [-0.05, 0) is 56.1 Å². The van der Waals surface area contributed by atoms with Crippen LogP contribution in [-0.4, -0.2) is 23.5 Å². The molecule has 0 fully saturated rings. The van der Waals surface area contributed by atoms with Crippen LogP contribution in [0.1, 0.15) is 5.56 Å². The second-order valence-electron chi connectivity index (χ2n) is 4.06. The Labute approximate surface area is 146 Å². The highest BCUT2D eigenvalue weighted by atomic mass is 79.9. The number of aromatic hydroxyl groups is 2. The van der Waals surface area contributed by atoms with Gasteiger partial charge in [0.1, 0.15) is 5.75 Å². The van der Waals surface area contributed by atoms with Gasteiger partial charge < -0.3 is 14.9 Å². The largest absolute Gasteiger partial charge is 0.508 e. The first-order valence-corrected chi connectivity index (χ1v) is 8.09. The molecule has 0 aliphatic heterocycles. The Morgan fingerprint density at radius 2 is 1.67 bits per heavy atom. The molecule has 2 rings (SSSR count). The van der Waals surface area contributed by atoms with Crippen LogP contribution in [0.25, 0.3) is 0 Å². The average molecular weight is 480 g/mol. The predicted octanol–water partition coefficient (Wildman–Crippen LogP) is 5.14. The summed E-state index contributed by atoms with van der Waals surface area (Å²) in [5, 5.41) is 19.6. The highest BCUT2D eigenvalue weighted by molar-refractivity contribution is 9.11. The zero-order valence-electron chi connectivity index (χ0n) is 10.8. The minimum atomic E-state index is 0.00970. The summed E-state index contributed by atoms with van der Waals surface area (Å²) in [7, 11) is 1.48. The van der Waals surface area contributed by atoms with Crippen LogP contribution in [0.5, 0.6) is 17.2 Å². The highest BCUT2D eigenvalue weighted by Gasteiger charge is 2.10. The molecule has 2 aromatic rings. The predicted molar refractivity (Wildman–Crippen MR) is 93.1 cm³/mol. The molecule has 0 saturated carbocycles. The molecule has 0 aromatic heterocycles. The highest BCUT2D eigenvalue weighted by Crippen LogP contribution is 2.38. The molecule has 0 saturated heterocycles. The molecule has 0 heterocycles. The van der Waals surface area contributed by atoms with Crippen molar-refractivity contribution in [2.75, 3.05) is 7.11 Å². The lowest BCUT2D eigenvalue weighted by Gasteiger charge is -2.07. The molecule has 4 nitrogen and oxygen atoms in total. The smallest absolute Gasteiger partial charge is 0.166 e. The normalized spacial score (nSPS) is 11.0. The van der Waals surface area contributed by atoms with Crippen molar-refractivity contribution < 1.29 is 14.9 Å². The fourth-order valence-corrected chi connectivity index (χ4v) is 3.48. The number of aliphatic imine (C=N–C) groups is 1. The number of nitrogens with zero attached hydrogens (tertiary/aromatic N) is 1. The van der Waals surface area contributed by atoms with Gasteiger partial charge in [-0.2, -0.15) is 0 Å². The summed E-state index contributed by atoms with van der Waals surface area (Å²) >= 11 is 10.0. The number of hydrogen-bond acceptors (Lipinski definition) is 4. The van der Waals surface area contributed by atoms with Crippen LogP contribution >= 0.6 is 47.8 Å². The summed E-state index contributed by atoms with van der Waals surface area (Å²) in [6, 6.07) is 6.47. The SMILES string of the molecule is COc1cc(Br)cc(C=Nc2c(Br)cc(O)cc2Br)c1O. The summed E-state index contributed by atoms with van der Waals surface area (Å²) in [5.41, 5.74) is 1.11. The van der Waals surface area contributed by atoms with Crippen LogP contribution in [0, 0.1) is 0 Å². The van der Waals surface area contributed by atoms with Crippen molar-refractivity contribution in [2.45, 2.75) is 0 Å². The molecule has 2 aromatic carbocycles. The van der Waals surface area contributed by atoms with E-state index >= 15 is 0 Å². The number of ether oxygens (including phenoxy) is 1. The first-order valence-electron chi connectivity index (χ1n) is 5.71. The minimum Gasteiger partial charge on any atom is -0.508 e. The number of phenolic OH excluding ortho intramolecular Hbond substituents is 2. The molecule has 110 valence electrons. The molecule has 2 N–H and O–H groups in total. The van der Waals surface area contributed by atoms with E-state index in [0.717, 1.165) is 4.47 Å². The molecular formula is C14H10Br3NO3. The van der Waals surface area contributed by atoms with Gasteiger partial charge >= 0.3 is 0 Å². The Bertz CT molecular complexity index is 694. The molecule has 21 heavy (non-hydrogen) atoms. The summed E-state index contributed by atoms with van der Waals surface area (Å²) in [6.07, 6.45) is 1.52. The van der Waals surface area contributed by atoms with Crippen LogP contribution in [0.15, 0.2) is 42.7 Å². The first kappa shape index (κ1) is 16.3. The zero-order chi connectivity index (χ0) is 15.6. The Balaban J connectivity index is 2.45. The number of hydrogen-bond donors (Lipinski definition) is 2. The number of rotatable bonds is 3. The van der Waals surface area contributed by atoms with Crippen molar-refractivity contribution in [3.05, 3.63) is 43.2 Å². The van der Waals surface area contributed by atoms with Gasteiger partial charge in [0.15, 0.2) is 11.5 Å². The van der Waals surface area contributed by atoms with E-state index in [1.54, 1.807) is 24.3 Å². The second-order valence-corrected chi connectivity index (χ2v) is 6.69. The molecule has 0 radical (unpaired) electrons. The Morgan fingerprint density at radius 3 is 2.24 bits per heavy atom. The summed E-state index contributed by atoms with van der Waals surface area (Å²) in [5.74, 6) is 0.491. The van der Waals surface area contributed by atoms with Crippen molar-refractivity contribution in [3.8, 4) is 17.2 Å². The van der Waals surface area contributed by atoms with Crippen molar-refractivity contribution in [2.24, 2.45) is 4.99 Å². The third-order valence-electron chi connectivity index (χ3n) is 2.62. The standard InChI is InChI=1S/C14H10Br3NO3/c1-21-12-3-8(15)2-7(14(12)20)6-18-13-10(16)4-9(19)5-11(13)17/h2-6,19-20H,1H3. The van der Waals surface area contributed by atoms with Gasteiger partial charge in [0, 0.05) is 25.2 Å². The third kappa shape index (κ3) is 3.78. The molecule has 0 amide bonds. The van der Waals surface area contributed by atoms with Crippen LogP contribution in [0.2, 0.25) is 0 Å². The average Bonchev–Trinajstić information content (AvgIpc) is 2.40. The number of benzene rings is 2. The van der Waals surface area contributed by atoms with E-state index < -0.39 is 0 Å². The lowest BCUT2D eigenvalue weighted by molar-refractivity contribution is 0.373. The van der Waals surface area contributed by atoms with Crippen LogP contribution in [0.4, 0.5) is 5.69 Å². The Kier molecular flexibility index (Phi) is 5.29. The van der Waals surface area contributed by atoms with E-state index in [-0.39, 0.29) is 11.5 Å². The van der Waals surface area contributed by atoms with E-state index in [0.29, 0.717) is 25.9 Å². The topological polar surface area (TPSA) is 62.0 Å². The summed E-state index contributed by atoms with van der Waals surface area (Å²) < 4.78 is 7.12. The van der Waals surface area contributed by atoms with Crippen molar-refractivity contribution in [1.82, 2.24) is 0 Å². The second kappa shape index (κ2) is 6.81. The van der Waals surface area contributed by atoms with Gasteiger partial charge in [0.25, 0.3) is 0 Å². The van der Waals surface area contributed by atoms with E-state index in [1.807, 2.05) is 0 Å². The van der Waals surface area contributed by atoms with E-state index in [4.69, 9.17) is 4.74 Å². The van der Waals surface area contributed by atoms with Crippen molar-refractivity contribution in [1.29, 1.82) is 0 Å². The van der Waals surface area contributed by atoms with Gasteiger partial charge in [-0.15, -0.1) is 0 Å². The minimum absolute atomic E-state index is 0.00970. The molecule has 0 aliphatic rings. The van der Waals surface area contributed by atoms with Gasteiger partial charge in [0.2, 0.25) is 0 Å². The zero-order valence-corrected chi connectivity index (χ0v) is 15.5. The lowest BCUT2D eigenvalue weighted by atomic mass is 10.2. The fraction of sp³-hybridized carbons (Fsp3) is 0.0714. The Morgan fingerprint density at radius 1 is 1.05 bits per heavy atom. The maximum atomic E-state index is 10.1. The van der Waals surface area contributed by atoms with Crippen LogP contribution < -0.4 is 4.74 Å². The number of methoxy groups -OCH3 is 1. The number of phenols is 2. The third-order valence-corrected chi connectivity index (χ3v) is 4.29. The maximum absolute atomic E-state index is 10.1. The molecular weight excluding hydrogens is 470 g/mol. The molecule has 0 atom stereocenters. The van der Waals surface area contributed by atoms with Crippen LogP contribution in [-0.2, 0) is 0 Å². The van der Waals surface area contributed by atoms with Gasteiger partial charge in [-0.3, -0.25) is 4.99 Å². The molecule has 0 bridgehead atoms. The van der Waals surface area contributed by atoms with E-state index in [1.165, 1.54) is 13.3 Å². The van der Waals surface area contributed by atoms with Crippen molar-refractivity contribution in [3.63, 3.8) is 0 Å². The lowest BCUT2D eigenvalue weighted by Crippen LogP contribution is -1.89. The number of halogens is 3. The van der Waals surface area contributed by atoms with Crippen LogP contribution in [0.3, 0.4) is 0 Å². The van der Waals surface area contributed by atoms with E-state index in [2.05, 4.69) is 52.8 Å². The van der Waals surface area contributed by atoms with E-state index in [9.17, 15) is 10.2 Å². The van der Waals surface area contributed by atoms with Gasteiger partial charge in [-0.1, -0.05) is 15.9 Å². The molecule has 0 aliphatic carbocycles. The van der Waals surface area contributed by atoms with Crippen molar-refractivity contribution >= 4 is 59.7 Å². The molecule has 7 heteroatoms. The van der Waals surface area contributed by atoms with Gasteiger partial charge in [-0.25, -0.2) is 0 Å². The quantitative estimate of drug-likeness (QED) is 0.599. The fourth-order valence-electron chi connectivity index (χ4n) is 1.66. The Hall–Kier alpha value is -1.05. The molecule has 0 spiro atoms. The monoisotopic (exact) mass is 477 g/mol. The molecule has 0 unspecified atom stereocenters. The van der Waals surface area contributed by atoms with Gasteiger partial charge in [0.05, 0.1) is 12.8 Å². The summed E-state index contributed by atoms with van der Waals surface area (Å²) in [6.45, 7) is 0. The summed E-state index contributed by atoms with van der Waals surface area (Å²) in [4.78, 5) is 4.33. The maximum Gasteiger partial charge on any atom is 0.166 e.